The summed E-state index contributed by atoms with van der Waals surface area (Å²) in [7, 11) is 2.16. The van der Waals surface area contributed by atoms with Crippen molar-refractivity contribution in [1.29, 1.82) is 0 Å². The molecule has 0 spiro atoms. The van der Waals surface area contributed by atoms with Crippen LogP contribution in [-0.2, 0) is 6.42 Å². The third-order valence-corrected chi connectivity index (χ3v) is 2.93. The van der Waals surface area contributed by atoms with Gasteiger partial charge in [0.2, 0.25) is 0 Å². The van der Waals surface area contributed by atoms with Gasteiger partial charge in [-0.25, -0.2) is 4.98 Å². The Morgan fingerprint density at radius 2 is 2.00 bits per heavy atom. The fourth-order valence-corrected chi connectivity index (χ4v) is 1.79. The summed E-state index contributed by atoms with van der Waals surface area (Å²) in [6.45, 7) is 8.25. The summed E-state index contributed by atoms with van der Waals surface area (Å²) in [5.74, 6) is 1.10. The Morgan fingerprint density at radius 3 is 2.53 bits per heavy atom. The molecule has 3 heteroatoms. The molecule has 1 saturated heterocycles. The Bertz CT molecular complexity index is 299. The lowest BCUT2D eigenvalue weighted by Crippen LogP contribution is -2.44. The van der Waals surface area contributed by atoms with E-state index in [4.69, 9.17) is 0 Å². The van der Waals surface area contributed by atoms with Crippen molar-refractivity contribution in [2.75, 3.05) is 38.1 Å². The molecular weight excluding hydrogens is 186 g/mol. The van der Waals surface area contributed by atoms with E-state index >= 15 is 0 Å². The highest BCUT2D eigenvalue weighted by atomic mass is 15.3. The molecule has 0 bridgehead atoms. The van der Waals surface area contributed by atoms with Crippen molar-refractivity contribution in [3.05, 3.63) is 30.8 Å². The third-order valence-electron chi connectivity index (χ3n) is 2.93. The van der Waals surface area contributed by atoms with Gasteiger partial charge >= 0.3 is 0 Å². The summed E-state index contributed by atoms with van der Waals surface area (Å²) >= 11 is 0. The molecule has 0 atom stereocenters. The summed E-state index contributed by atoms with van der Waals surface area (Å²) in [5.41, 5.74) is 1.20. The standard InChI is InChI=1S/C12H18N3/c1-3-11-4-5-12(13-10-11)15-8-6-14(2)7-9-15/h4-5,10H,1,3,6-9H2,2H3. The first kappa shape index (κ1) is 10.4. The van der Waals surface area contributed by atoms with E-state index in [1.54, 1.807) is 0 Å². The second kappa shape index (κ2) is 4.62. The molecule has 0 aliphatic carbocycles. The summed E-state index contributed by atoms with van der Waals surface area (Å²) < 4.78 is 0. The van der Waals surface area contributed by atoms with Gasteiger partial charge in [-0.3, -0.25) is 0 Å². The molecule has 2 heterocycles. The van der Waals surface area contributed by atoms with Gasteiger partial charge in [-0.05, 0) is 32.0 Å². The van der Waals surface area contributed by atoms with Gasteiger partial charge in [-0.1, -0.05) is 6.07 Å². The van der Waals surface area contributed by atoms with Crippen molar-refractivity contribution in [2.24, 2.45) is 0 Å². The maximum absolute atomic E-state index is 4.47. The highest BCUT2D eigenvalue weighted by Crippen LogP contribution is 2.13. The SMILES string of the molecule is [CH2]Cc1ccc(N2CCN(C)CC2)nc1. The number of aromatic nitrogens is 1. The molecule has 1 fully saturated rings. The molecule has 15 heavy (non-hydrogen) atoms. The predicted molar refractivity (Wildman–Crippen MR) is 63.0 cm³/mol. The van der Waals surface area contributed by atoms with Crippen molar-refractivity contribution in [2.45, 2.75) is 6.42 Å². The van der Waals surface area contributed by atoms with Crippen LogP contribution in [0.1, 0.15) is 5.56 Å². The number of piperazine rings is 1. The van der Waals surface area contributed by atoms with Crippen molar-refractivity contribution in [1.82, 2.24) is 9.88 Å². The molecule has 3 nitrogen and oxygen atoms in total. The first-order valence-corrected chi connectivity index (χ1v) is 5.47. The number of hydrogen-bond acceptors (Lipinski definition) is 3. The van der Waals surface area contributed by atoms with Crippen LogP contribution in [0.3, 0.4) is 0 Å². The number of hydrogen-bond donors (Lipinski definition) is 0. The van der Waals surface area contributed by atoms with Crippen LogP contribution in [0.4, 0.5) is 5.82 Å². The second-order valence-electron chi connectivity index (χ2n) is 4.06. The average molecular weight is 204 g/mol. The van der Waals surface area contributed by atoms with Crippen LogP contribution in [0.15, 0.2) is 18.3 Å². The highest BCUT2D eigenvalue weighted by molar-refractivity contribution is 5.39. The molecule has 0 amide bonds. The van der Waals surface area contributed by atoms with Gasteiger partial charge < -0.3 is 9.80 Å². The molecule has 81 valence electrons. The van der Waals surface area contributed by atoms with E-state index < -0.39 is 0 Å². The van der Waals surface area contributed by atoms with E-state index in [9.17, 15) is 0 Å². The van der Waals surface area contributed by atoms with Gasteiger partial charge in [-0.15, -0.1) is 0 Å². The number of nitrogens with zero attached hydrogens (tertiary/aromatic N) is 3. The van der Waals surface area contributed by atoms with E-state index in [0.717, 1.165) is 38.4 Å². The summed E-state index contributed by atoms with van der Waals surface area (Å²) in [4.78, 5) is 9.15. The molecule has 1 aliphatic heterocycles. The first-order valence-electron chi connectivity index (χ1n) is 5.47. The smallest absolute Gasteiger partial charge is 0.128 e. The molecule has 2 rings (SSSR count). The quantitative estimate of drug-likeness (QED) is 0.722. The third kappa shape index (κ3) is 2.48. The van der Waals surface area contributed by atoms with Gasteiger partial charge in [0.25, 0.3) is 0 Å². The molecule has 1 aliphatic rings. The maximum Gasteiger partial charge on any atom is 0.128 e. The highest BCUT2D eigenvalue weighted by Gasteiger charge is 2.14. The summed E-state index contributed by atoms with van der Waals surface area (Å²) in [5, 5.41) is 0. The van der Waals surface area contributed by atoms with Gasteiger partial charge in [0.1, 0.15) is 5.82 Å². The Kier molecular flexibility index (Phi) is 3.21. The van der Waals surface area contributed by atoms with Crippen LogP contribution in [0, 0.1) is 6.92 Å². The van der Waals surface area contributed by atoms with Crippen molar-refractivity contribution >= 4 is 5.82 Å². The van der Waals surface area contributed by atoms with Gasteiger partial charge in [-0.2, -0.15) is 0 Å². The molecule has 0 unspecified atom stereocenters. The molecular formula is C12H18N3. The molecule has 1 aromatic rings. The topological polar surface area (TPSA) is 19.4 Å². The minimum Gasteiger partial charge on any atom is -0.354 e. The molecule has 0 saturated carbocycles. The van der Waals surface area contributed by atoms with E-state index in [-0.39, 0.29) is 0 Å². The zero-order chi connectivity index (χ0) is 10.7. The Labute approximate surface area is 91.7 Å². The zero-order valence-corrected chi connectivity index (χ0v) is 9.32. The van der Waals surface area contributed by atoms with Gasteiger partial charge in [0.15, 0.2) is 0 Å². The zero-order valence-electron chi connectivity index (χ0n) is 9.32. The number of pyridine rings is 1. The molecule has 0 aromatic carbocycles. The van der Waals surface area contributed by atoms with E-state index in [1.165, 1.54) is 5.56 Å². The van der Waals surface area contributed by atoms with Gasteiger partial charge in [0.05, 0.1) is 0 Å². The van der Waals surface area contributed by atoms with Gasteiger partial charge in [0, 0.05) is 32.4 Å². The number of likely N-dealkylation sites (N-methyl/N-ethyl adjacent to an activating group) is 1. The first-order chi connectivity index (χ1) is 7.29. The van der Waals surface area contributed by atoms with Crippen LogP contribution in [-0.4, -0.2) is 43.1 Å². The fourth-order valence-electron chi connectivity index (χ4n) is 1.79. The fraction of sp³-hybridized carbons (Fsp3) is 0.500. The van der Waals surface area contributed by atoms with Crippen molar-refractivity contribution in [3.8, 4) is 0 Å². The second-order valence-corrected chi connectivity index (χ2v) is 4.06. The maximum atomic E-state index is 4.47. The average Bonchev–Trinajstić information content (AvgIpc) is 2.30. The monoisotopic (exact) mass is 204 g/mol. The van der Waals surface area contributed by atoms with Crippen LogP contribution >= 0.6 is 0 Å². The summed E-state index contributed by atoms with van der Waals surface area (Å²) in [6, 6.07) is 4.22. The Balaban J connectivity index is 2.03. The predicted octanol–water partition coefficient (Wildman–Crippen LogP) is 1.21. The minimum atomic E-state index is 0.815. The summed E-state index contributed by atoms with van der Waals surface area (Å²) in [6.07, 6.45) is 2.75. The van der Waals surface area contributed by atoms with Crippen LogP contribution in [0.2, 0.25) is 0 Å². The van der Waals surface area contributed by atoms with Crippen LogP contribution < -0.4 is 4.90 Å². The minimum absolute atomic E-state index is 0.815. The molecule has 1 aromatic heterocycles. The Hall–Kier alpha value is -1.09. The lowest BCUT2D eigenvalue weighted by molar-refractivity contribution is 0.312. The van der Waals surface area contributed by atoms with Crippen molar-refractivity contribution in [3.63, 3.8) is 0 Å². The van der Waals surface area contributed by atoms with E-state index in [1.807, 2.05) is 6.20 Å². The van der Waals surface area contributed by atoms with E-state index in [0.29, 0.717) is 0 Å². The normalized spacial score (nSPS) is 18.1. The number of rotatable bonds is 2. The van der Waals surface area contributed by atoms with E-state index in [2.05, 4.69) is 40.9 Å². The van der Waals surface area contributed by atoms with Crippen molar-refractivity contribution < 1.29 is 0 Å². The number of anilines is 1. The largest absolute Gasteiger partial charge is 0.354 e. The lowest BCUT2D eigenvalue weighted by Gasteiger charge is -2.33. The lowest BCUT2D eigenvalue weighted by atomic mass is 10.2. The Morgan fingerprint density at radius 1 is 1.27 bits per heavy atom. The molecule has 0 N–H and O–H groups in total. The van der Waals surface area contributed by atoms with Crippen LogP contribution in [0.25, 0.3) is 0 Å². The molecule has 1 radical (unpaired) electrons. The van der Waals surface area contributed by atoms with Crippen LogP contribution in [0.5, 0.6) is 0 Å².